The molecule has 41 heavy (non-hydrogen) atoms. The molecule has 0 spiro atoms. The maximum absolute atomic E-state index is 13.9. The number of nitrogens with one attached hydrogen (secondary N) is 1. The first kappa shape index (κ1) is 28.8. The van der Waals surface area contributed by atoms with Gasteiger partial charge in [-0.05, 0) is 42.2 Å². The summed E-state index contributed by atoms with van der Waals surface area (Å²) in [6.07, 6.45) is 3.83. The zero-order valence-corrected chi connectivity index (χ0v) is 24.1. The number of sulfonamides is 1. The minimum atomic E-state index is -4.07. The van der Waals surface area contributed by atoms with E-state index in [1.165, 1.54) is 17.0 Å². The van der Waals surface area contributed by atoms with E-state index in [4.69, 9.17) is 11.6 Å². The van der Waals surface area contributed by atoms with Crippen molar-refractivity contribution in [3.05, 3.63) is 101 Å². The van der Waals surface area contributed by atoms with Gasteiger partial charge in [0.05, 0.1) is 5.56 Å². The Morgan fingerprint density at radius 1 is 0.951 bits per heavy atom. The summed E-state index contributed by atoms with van der Waals surface area (Å²) in [5, 5.41) is 3.59. The molecule has 1 aliphatic heterocycles. The van der Waals surface area contributed by atoms with Crippen LogP contribution in [0.4, 0.5) is 0 Å². The fourth-order valence-electron chi connectivity index (χ4n) is 5.52. The Balaban J connectivity index is 1.44. The highest BCUT2D eigenvalue weighted by Gasteiger charge is 2.41. The van der Waals surface area contributed by atoms with E-state index in [0.717, 1.165) is 35.6 Å². The maximum Gasteiger partial charge on any atom is 0.269 e. The minimum absolute atomic E-state index is 0.0453. The third-order valence-electron chi connectivity index (χ3n) is 7.71. The molecule has 0 radical (unpaired) electrons. The number of halogens is 1. The van der Waals surface area contributed by atoms with E-state index >= 15 is 0 Å². The number of nitrogens with zero attached hydrogens (tertiary/aromatic N) is 2. The summed E-state index contributed by atoms with van der Waals surface area (Å²) >= 11 is 6.47. The molecule has 1 saturated carbocycles. The summed E-state index contributed by atoms with van der Waals surface area (Å²) < 4.78 is 26.9. The minimum Gasteiger partial charge on any atom is -0.352 e. The first-order valence-corrected chi connectivity index (χ1v) is 15.6. The predicted octanol–water partition coefficient (Wildman–Crippen LogP) is 4.57. The van der Waals surface area contributed by atoms with Crippen LogP contribution in [0.5, 0.6) is 0 Å². The standard InChI is InChI=1S/C31H32ClN3O5S/c32-26-16-8-4-12-23(26)21-34(27(20-22-10-2-1-3-11-22)30(37)33-24-13-5-6-14-24)29(36)18-19-35-31(38)25-15-7-9-17-28(25)41(35,39)40/h1-4,7-12,15-17,24,27H,5-6,13-14,18-21H2,(H,33,37)/t27-/m0/s1. The molecule has 1 heterocycles. The second kappa shape index (κ2) is 12.4. The lowest BCUT2D eigenvalue weighted by Crippen LogP contribution is -2.52. The topological polar surface area (TPSA) is 104 Å². The van der Waals surface area contributed by atoms with E-state index in [-0.39, 0.29) is 48.3 Å². The second-order valence-corrected chi connectivity index (χ2v) is 12.7. The molecule has 0 aromatic heterocycles. The van der Waals surface area contributed by atoms with Crippen LogP contribution in [0, 0.1) is 0 Å². The summed E-state index contributed by atoms with van der Waals surface area (Å²) in [4.78, 5) is 42.1. The Morgan fingerprint density at radius 2 is 1.61 bits per heavy atom. The second-order valence-electron chi connectivity index (χ2n) is 10.4. The van der Waals surface area contributed by atoms with Crippen LogP contribution in [0.15, 0.2) is 83.8 Å². The molecule has 2 aliphatic rings. The van der Waals surface area contributed by atoms with Gasteiger partial charge in [0.2, 0.25) is 11.8 Å². The highest BCUT2D eigenvalue weighted by molar-refractivity contribution is 7.90. The van der Waals surface area contributed by atoms with Crippen molar-refractivity contribution in [2.75, 3.05) is 6.54 Å². The molecular weight excluding hydrogens is 562 g/mol. The number of hydrogen-bond donors (Lipinski definition) is 1. The van der Waals surface area contributed by atoms with Gasteiger partial charge in [-0.3, -0.25) is 14.4 Å². The zero-order chi connectivity index (χ0) is 29.0. The van der Waals surface area contributed by atoms with Crippen LogP contribution in [0.1, 0.15) is 53.6 Å². The molecule has 0 unspecified atom stereocenters. The fourth-order valence-corrected chi connectivity index (χ4v) is 7.29. The van der Waals surface area contributed by atoms with Crippen molar-refractivity contribution in [1.29, 1.82) is 0 Å². The molecule has 0 saturated heterocycles. The van der Waals surface area contributed by atoms with Gasteiger partial charge in [-0.1, -0.05) is 85.1 Å². The summed E-state index contributed by atoms with van der Waals surface area (Å²) in [6, 6.07) is 21.7. The summed E-state index contributed by atoms with van der Waals surface area (Å²) in [6.45, 7) is -0.287. The van der Waals surface area contributed by atoms with Gasteiger partial charge in [0.1, 0.15) is 10.9 Å². The lowest BCUT2D eigenvalue weighted by Gasteiger charge is -2.33. The Morgan fingerprint density at radius 3 is 2.32 bits per heavy atom. The quantitative estimate of drug-likeness (QED) is 0.371. The van der Waals surface area contributed by atoms with Gasteiger partial charge in [-0.25, -0.2) is 12.7 Å². The van der Waals surface area contributed by atoms with E-state index in [1.807, 2.05) is 30.3 Å². The van der Waals surface area contributed by atoms with Crippen LogP contribution in [-0.4, -0.2) is 54.0 Å². The number of carbonyl (C=O) groups excluding carboxylic acids is 3. The van der Waals surface area contributed by atoms with E-state index in [2.05, 4.69) is 5.32 Å². The van der Waals surface area contributed by atoms with Gasteiger partial charge in [0, 0.05) is 37.0 Å². The average molecular weight is 594 g/mol. The number of carbonyl (C=O) groups is 3. The molecule has 214 valence electrons. The van der Waals surface area contributed by atoms with Crippen molar-refractivity contribution in [3.63, 3.8) is 0 Å². The van der Waals surface area contributed by atoms with Crippen molar-refractivity contribution in [3.8, 4) is 0 Å². The highest BCUT2D eigenvalue weighted by atomic mass is 35.5. The molecule has 1 aliphatic carbocycles. The normalized spacial score (nSPS) is 16.8. The maximum atomic E-state index is 13.9. The molecular formula is C31H32ClN3O5S. The third-order valence-corrected chi connectivity index (χ3v) is 9.92. The summed E-state index contributed by atoms with van der Waals surface area (Å²) in [5.41, 5.74) is 1.63. The van der Waals surface area contributed by atoms with E-state index in [0.29, 0.717) is 10.6 Å². The Kier molecular flexibility index (Phi) is 8.75. The number of hydrogen-bond acceptors (Lipinski definition) is 5. The van der Waals surface area contributed by atoms with Gasteiger partial charge in [0.25, 0.3) is 15.9 Å². The average Bonchev–Trinajstić information content (AvgIpc) is 3.55. The number of rotatable bonds is 10. The zero-order valence-electron chi connectivity index (χ0n) is 22.5. The third kappa shape index (κ3) is 6.31. The molecule has 1 N–H and O–H groups in total. The molecule has 0 bridgehead atoms. The molecule has 1 fully saturated rings. The lowest BCUT2D eigenvalue weighted by molar-refractivity contribution is -0.141. The van der Waals surface area contributed by atoms with Gasteiger partial charge in [0.15, 0.2) is 0 Å². The van der Waals surface area contributed by atoms with E-state index in [1.54, 1.807) is 36.4 Å². The predicted molar refractivity (Wildman–Crippen MR) is 156 cm³/mol. The Labute approximate surface area is 245 Å². The van der Waals surface area contributed by atoms with Crippen LogP contribution in [0.2, 0.25) is 5.02 Å². The van der Waals surface area contributed by atoms with Gasteiger partial charge >= 0.3 is 0 Å². The molecule has 3 amide bonds. The number of fused-ring (bicyclic) bond motifs is 1. The molecule has 8 nitrogen and oxygen atoms in total. The van der Waals surface area contributed by atoms with Crippen molar-refractivity contribution < 1.29 is 22.8 Å². The first-order chi connectivity index (χ1) is 19.8. The van der Waals surface area contributed by atoms with Gasteiger partial charge in [-0.2, -0.15) is 0 Å². The van der Waals surface area contributed by atoms with Gasteiger partial charge < -0.3 is 10.2 Å². The molecule has 10 heteroatoms. The summed E-state index contributed by atoms with van der Waals surface area (Å²) in [7, 11) is -4.07. The highest BCUT2D eigenvalue weighted by Crippen LogP contribution is 2.30. The van der Waals surface area contributed by atoms with Crippen LogP contribution in [0.3, 0.4) is 0 Å². The fraction of sp³-hybridized carbons (Fsp3) is 0.323. The van der Waals surface area contributed by atoms with Crippen molar-refractivity contribution >= 4 is 39.3 Å². The smallest absolute Gasteiger partial charge is 0.269 e. The van der Waals surface area contributed by atoms with Gasteiger partial charge in [-0.15, -0.1) is 0 Å². The first-order valence-electron chi connectivity index (χ1n) is 13.8. The molecule has 3 aromatic rings. The number of amides is 3. The van der Waals surface area contributed by atoms with E-state index < -0.39 is 27.9 Å². The number of benzene rings is 3. The van der Waals surface area contributed by atoms with Crippen LogP contribution < -0.4 is 5.32 Å². The Bertz CT molecular complexity index is 1540. The van der Waals surface area contributed by atoms with Crippen molar-refractivity contribution in [1.82, 2.24) is 14.5 Å². The SMILES string of the molecule is O=C(NC1CCCC1)[C@H](Cc1ccccc1)N(Cc1ccccc1Cl)C(=O)CCN1C(=O)c2ccccc2S1(=O)=O. The molecule has 1 atom stereocenters. The van der Waals surface area contributed by atoms with Crippen molar-refractivity contribution in [2.45, 2.75) is 62.0 Å². The largest absolute Gasteiger partial charge is 0.352 e. The van der Waals surface area contributed by atoms with E-state index in [9.17, 15) is 22.8 Å². The van der Waals surface area contributed by atoms with Crippen molar-refractivity contribution in [2.24, 2.45) is 0 Å². The lowest BCUT2D eigenvalue weighted by atomic mass is 10.0. The van der Waals surface area contributed by atoms with Crippen LogP contribution in [-0.2, 0) is 32.6 Å². The molecule has 3 aromatic carbocycles. The summed E-state index contributed by atoms with van der Waals surface area (Å²) in [5.74, 6) is -1.38. The molecule has 5 rings (SSSR count). The monoisotopic (exact) mass is 593 g/mol. The Hall–Kier alpha value is -3.69. The van der Waals surface area contributed by atoms with Crippen LogP contribution in [0.25, 0.3) is 0 Å². The van der Waals surface area contributed by atoms with Crippen LogP contribution >= 0.6 is 11.6 Å².